The molecule has 2 N–H and O–H groups in total. The number of fused-ring (bicyclic) bond motifs is 1. The molecule has 3 rings (SSSR count). The predicted octanol–water partition coefficient (Wildman–Crippen LogP) is 3.57. The Morgan fingerprint density at radius 2 is 1.86 bits per heavy atom. The molecule has 0 amide bonds. The van der Waals surface area contributed by atoms with E-state index < -0.39 is 16.7 Å². The molecule has 1 atom stereocenters. The first-order chi connectivity index (χ1) is 13.9. The van der Waals surface area contributed by atoms with Crippen molar-refractivity contribution in [2.75, 3.05) is 32.2 Å². The van der Waals surface area contributed by atoms with Crippen LogP contribution in [0.1, 0.15) is 17.5 Å². The number of ether oxygens (including phenoxy) is 2. The van der Waals surface area contributed by atoms with Gasteiger partial charge in [0.25, 0.3) is 10.0 Å². The van der Waals surface area contributed by atoms with E-state index in [1.165, 1.54) is 13.2 Å². The molecular formula is C20H24ClFN2O4S. The Morgan fingerprint density at radius 1 is 1.14 bits per heavy atom. The third-order valence-electron chi connectivity index (χ3n) is 4.98. The maximum atomic E-state index is 13.2. The van der Waals surface area contributed by atoms with Crippen molar-refractivity contribution >= 4 is 27.3 Å². The second-order valence-electron chi connectivity index (χ2n) is 6.76. The third-order valence-corrected chi connectivity index (χ3v) is 6.67. The van der Waals surface area contributed by atoms with Crippen LogP contribution in [-0.2, 0) is 22.9 Å². The van der Waals surface area contributed by atoms with Crippen LogP contribution in [0, 0.1) is 0 Å². The molecule has 1 aliphatic rings. The van der Waals surface area contributed by atoms with Crippen LogP contribution < -0.4 is 19.5 Å². The highest BCUT2D eigenvalue weighted by atomic mass is 35.5. The van der Waals surface area contributed by atoms with Gasteiger partial charge >= 0.3 is 0 Å². The predicted molar refractivity (Wildman–Crippen MR) is 112 cm³/mol. The fraction of sp³-hybridized carbons (Fsp3) is 0.400. The van der Waals surface area contributed by atoms with E-state index in [4.69, 9.17) is 21.1 Å². The second-order valence-corrected chi connectivity index (χ2v) is 8.84. The number of hydrogen-bond acceptors (Lipinski definition) is 5. The lowest BCUT2D eigenvalue weighted by molar-refractivity contribution is 0.381. The molecular weight excluding hydrogens is 419 g/mol. The van der Waals surface area contributed by atoms with Gasteiger partial charge in [-0.05, 0) is 55.2 Å². The molecule has 6 nitrogen and oxygen atoms in total. The third kappa shape index (κ3) is 4.76. The van der Waals surface area contributed by atoms with Crippen LogP contribution in [0.2, 0.25) is 5.02 Å². The molecule has 29 heavy (non-hydrogen) atoms. The van der Waals surface area contributed by atoms with Crippen molar-refractivity contribution in [3.05, 3.63) is 46.5 Å². The molecule has 0 saturated carbocycles. The normalized spacial score (nSPS) is 16.2. The Bertz CT molecular complexity index is 985. The van der Waals surface area contributed by atoms with E-state index in [2.05, 4.69) is 10.0 Å². The van der Waals surface area contributed by atoms with Gasteiger partial charge in [0.2, 0.25) is 0 Å². The molecule has 0 bridgehead atoms. The molecule has 2 aromatic carbocycles. The number of anilines is 1. The highest BCUT2D eigenvalue weighted by Gasteiger charge is 2.29. The maximum absolute atomic E-state index is 13.2. The quantitative estimate of drug-likeness (QED) is 0.653. The van der Waals surface area contributed by atoms with Gasteiger partial charge in [-0.3, -0.25) is 4.72 Å². The van der Waals surface area contributed by atoms with Gasteiger partial charge in [0.05, 0.1) is 24.8 Å². The minimum atomic E-state index is -3.89. The van der Waals surface area contributed by atoms with Crippen LogP contribution in [0.3, 0.4) is 0 Å². The number of alkyl halides is 1. The Morgan fingerprint density at radius 3 is 2.55 bits per heavy atom. The SMILES string of the molecule is COc1ccc(Cl)cc1NS(=O)(=O)c1ccc(OC)c2c1CCC(NCCF)C2. The summed E-state index contributed by atoms with van der Waals surface area (Å²) in [5.74, 6) is 1.00. The van der Waals surface area contributed by atoms with Crippen molar-refractivity contribution in [3.8, 4) is 11.5 Å². The topological polar surface area (TPSA) is 76.7 Å². The van der Waals surface area contributed by atoms with E-state index in [1.807, 2.05) is 0 Å². The molecule has 0 aromatic heterocycles. The zero-order valence-electron chi connectivity index (χ0n) is 16.3. The molecule has 9 heteroatoms. The van der Waals surface area contributed by atoms with Crippen LogP contribution in [0.25, 0.3) is 0 Å². The number of sulfonamides is 1. The summed E-state index contributed by atoms with van der Waals surface area (Å²) in [6.45, 7) is -0.170. The monoisotopic (exact) mass is 442 g/mol. The minimum absolute atomic E-state index is 0.0751. The van der Waals surface area contributed by atoms with Crippen LogP contribution in [0.5, 0.6) is 11.5 Å². The Labute approximate surface area is 175 Å². The van der Waals surface area contributed by atoms with Gasteiger partial charge in [0, 0.05) is 23.2 Å². The molecule has 0 aliphatic heterocycles. The van der Waals surface area contributed by atoms with E-state index >= 15 is 0 Å². The summed E-state index contributed by atoms with van der Waals surface area (Å²) in [7, 11) is -0.876. The number of benzene rings is 2. The molecule has 2 aromatic rings. The second kappa shape index (κ2) is 9.19. The highest BCUT2D eigenvalue weighted by molar-refractivity contribution is 7.92. The summed E-state index contributed by atoms with van der Waals surface area (Å²) in [4.78, 5) is 0.194. The smallest absolute Gasteiger partial charge is 0.262 e. The number of hydrogen-bond donors (Lipinski definition) is 2. The van der Waals surface area contributed by atoms with E-state index in [1.54, 1.807) is 31.4 Å². The van der Waals surface area contributed by atoms with Crippen molar-refractivity contribution in [1.29, 1.82) is 0 Å². The molecule has 0 saturated heterocycles. The van der Waals surface area contributed by atoms with Crippen LogP contribution in [0.15, 0.2) is 35.2 Å². The minimum Gasteiger partial charge on any atom is -0.496 e. The molecule has 0 heterocycles. The Balaban J connectivity index is 1.98. The average molecular weight is 443 g/mol. The van der Waals surface area contributed by atoms with Gasteiger partial charge < -0.3 is 14.8 Å². The van der Waals surface area contributed by atoms with Crippen LogP contribution in [0.4, 0.5) is 10.1 Å². The standard InChI is InChI=1S/C20H24ClFN2O4S/c1-27-18-7-8-20(15-5-4-14(12-16(15)18)23-10-9-22)29(25,26)24-17-11-13(21)3-6-19(17)28-2/h3,6-8,11,14,23-24H,4-5,9-10,12H2,1-2H3. The van der Waals surface area contributed by atoms with E-state index in [0.29, 0.717) is 35.8 Å². The largest absolute Gasteiger partial charge is 0.496 e. The summed E-state index contributed by atoms with van der Waals surface area (Å²) >= 11 is 6.02. The van der Waals surface area contributed by atoms with Gasteiger partial charge in [-0.25, -0.2) is 12.8 Å². The summed E-state index contributed by atoms with van der Waals surface area (Å²) in [6, 6.07) is 8.01. The maximum Gasteiger partial charge on any atom is 0.262 e. The first-order valence-electron chi connectivity index (χ1n) is 9.24. The Hall–Kier alpha value is -2.03. The summed E-state index contributed by atoms with van der Waals surface area (Å²) < 4.78 is 52.2. The van der Waals surface area contributed by atoms with Crippen molar-refractivity contribution < 1.29 is 22.3 Å². The molecule has 0 fully saturated rings. The van der Waals surface area contributed by atoms with Gasteiger partial charge in [-0.1, -0.05) is 11.6 Å². The van der Waals surface area contributed by atoms with Crippen molar-refractivity contribution in [3.63, 3.8) is 0 Å². The van der Waals surface area contributed by atoms with Crippen molar-refractivity contribution in [2.24, 2.45) is 0 Å². The van der Waals surface area contributed by atoms with Crippen molar-refractivity contribution in [2.45, 2.75) is 30.2 Å². The molecule has 0 spiro atoms. The fourth-order valence-electron chi connectivity index (χ4n) is 3.65. The molecule has 1 unspecified atom stereocenters. The fourth-order valence-corrected chi connectivity index (χ4v) is 5.18. The van der Waals surface area contributed by atoms with Gasteiger partial charge in [-0.2, -0.15) is 0 Å². The number of methoxy groups -OCH3 is 2. The number of nitrogens with one attached hydrogen (secondary N) is 2. The summed E-state index contributed by atoms with van der Waals surface area (Å²) in [5, 5.41) is 3.55. The lowest BCUT2D eigenvalue weighted by Crippen LogP contribution is -2.36. The number of rotatable bonds is 8. The molecule has 0 radical (unpaired) electrons. The lowest BCUT2D eigenvalue weighted by atomic mass is 9.87. The zero-order valence-corrected chi connectivity index (χ0v) is 17.9. The lowest BCUT2D eigenvalue weighted by Gasteiger charge is -2.28. The van der Waals surface area contributed by atoms with Gasteiger partial charge in [-0.15, -0.1) is 0 Å². The summed E-state index contributed by atoms with van der Waals surface area (Å²) in [6.07, 6.45) is 1.82. The first kappa shape index (κ1) is 21.7. The van der Waals surface area contributed by atoms with Gasteiger partial charge in [0.15, 0.2) is 0 Å². The van der Waals surface area contributed by atoms with E-state index in [-0.39, 0.29) is 23.2 Å². The van der Waals surface area contributed by atoms with Gasteiger partial charge in [0.1, 0.15) is 18.2 Å². The van der Waals surface area contributed by atoms with Crippen LogP contribution >= 0.6 is 11.6 Å². The number of halogens is 2. The Kier molecular flexibility index (Phi) is 6.87. The van der Waals surface area contributed by atoms with E-state index in [0.717, 1.165) is 11.1 Å². The first-order valence-corrected chi connectivity index (χ1v) is 11.1. The van der Waals surface area contributed by atoms with Crippen molar-refractivity contribution in [1.82, 2.24) is 5.32 Å². The van der Waals surface area contributed by atoms with E-state index in [9.17, 15) is 12.8 Å². The molecule has 1 aliphatic carbocycles. The summed E-state index contributed by atoms with van der Waals surface area (Å²) in [5.41, 5.74) is 1.81. The highest BCUT2D eigenvalue weighted by Crippen LogP contribution is 2.36. The van der Waals surface area contributed by atoms with Crippen LogP contribution in [-0.4, -0.2) is 41.9 Å². The molecule has 158 valence electrons. The average Bonchev–Trinajstić information content (AvgIpc) is 2.71. The zero-order chi connectivity index (χ0) is 21.0.